The van der Waals surface area contributed by atoms with Crippen molar-refractivity contribution in [3.63, 3.8) is 0 Å². The summed E-state index contributed by atoms with van der Waals surface area (Å²) < 4.78 is 110. The Morgan fingerprint density at radius 1 is 0.490 bits per heavy atom. The van der Waals surface area contributed by atoms with Crippen LogP contribution in [0.2, 0.25) is 0 Å². The quantitative estimate of drug-likeness (QED) is 0.0535. The van der Waals surface area contributed by atoms with Gasteiger partial charge in [0, 0.05) is 33.1 Å². The SMILES string of the molecule is CC(C)(C)OC(=O)OC(=O)OC(C)(C)C.CC(C)[C@]12O[C@H]1[C@@H]1O[C@]13[C@]1(O[C@H]1C[C@H]1C4=C(CC[C@@]13C)C(=O)O/C4=C(/OC(=O)c1ccco1)c1ccco1)[C@@H]2O.CC(C)[C@]12O[C@H]1[C@@H]1O[C@]13[C@]1(O[C@H]1C[C@H]1C4=C(CC[C@@]13C)C(=O)O/C4=C(/OC(=O)c1ccco1)c1ccco1)[C@@H]2OC(=O)OC(C)(C)C. The van der Waals surface area contributed by atoms with E-state index in [1.165, 1.54) is 37.2 Å². The van der Waals surface area contributed by atoms with Crippen LogP contribution >= 0.6 is 0 Å². The van der Waals surface area contributed by atoms with Crippen LogP contribution in [0.5, 0.6) is 0 Å². The van der Waals surface area contributed by atoms with E-state index in [4.69, 9.17) is 84.0 Å². The highest BCUT2D eigenvalue weighted by Gasteiger charge is 3.03. The van der Waals surface area contributed by atoms with E-state index in [2.05, 4.69) is 46.3 Å². The van der Waals surface area contributed by atoms with Crippen LogP contribution in [0.4, 0.5) is 14.4 Å². The average molecular weight is 1420 g/mol. The van der Waals surface area contributed by atoms with Crippen molar-refractivity contribution in [3.8, 4) is 0 Å². The Morgan fingerprint density at radius 3 is 1.28 bits per heavy atom. The number of carbonyl (C=O) groups is 7. The van der Waals surface area contributed by atoms with Crippen LogP contribution in [0.15, 0.2) is 125 Å². The van der Waals surface area contributed by atoms with Gasteiger partial charge >= 0.3 is 42.3 Å². The van der Waals surface area contributed by atoms with Crippen LogP contribution in [0.25, 0.3) is 11.5 Å². The fourth-order valence-electron chi connectivity index (χ4n) is 19.1. The standard InChI is InChI=1S/C35H36O12.C30H28O10.C10H18O5/c1-16(2)33-25(45-33)26-35(46-26)32(6)12-11-17-22(18(32)15-21-34(35,44-21)29(33)43-30(38)47-31(3,4)5)24(42-27(17)36)23(19-9-7-13-39-19)41-28(37)20-10-8-14-40-20;1-13(2)28-22(39-28)23-30(40-23)27(3)9-8-14-19(15(27)12-18-29(30,38-18)26(28)33)21(37-24(14)31)20(16-6-4-10-34-16)36-25(32)17-7-5-11-35-17;1-9(2,3)14-7(11)13-8(12)15-10(4,5)6/h7-10,13-14,16,18,21,25-26,29H,11-12,15H2,1-6H3;4-7,10-11,13,15,18,22-23,26,33H,8-9,12H2,1-3H3;1-6H3/b24-23+;21-20+;/t18-,21-,25-,26-,29+,32-,33-,34+,35+;15-,18-,22-,23-,26+,27-,28-,29+,30+;/m00./s1. The van der Waals surface area contributed by atoms with E-state index in [-0.39, 0.29) is 106 Å². The highest BCUT2D eigenvalue weighted by Crippen LogP contribution is 2.85. The molecule has 12 heterocycles. The molecular weight excluding hydrogens is 1330 g/mol. The summed E-state index contributed by atoms with van der Waals surface area (Å²) in [5.74, 6) is -2.09. The fraction of sp³-hybridized carbons (Fsp3) is 0.587. The topological polar surface area (TPSA) is 351 Å². The van der Waals surface area contributed by atoms with Gasteiger partial charge in [0.05, 0.1) is 37.3 Å². The molecule has 4 saturated carbocycles. The molecular formula is C75H82O27. The van der Waals surface area contributed by atoms with Crippen molar-refractivity contribution in [2.24, 2.45) is 34.5 Å². The first kappa shape index (κ1) is 68.1. The Hall–Kier alpha value is -8.31. The summed E-state index contributed by atoms with van der Waals surface area (Å²) in [5, 5.41) is 11.8. The van der Waals surface area contributed by atoms with Gasteiger partial charge < -0.3 is 93.8 Å². The second kappa shape index (κ2) is 22.1. The Kier molecular flexibility index (Phi) is 14.8. The van der Waals surface area contributed by atoms with Crippen molar-refractivity contribution in [1.29, 1.82) is 0 Å². The molecule has 27 nitrogen and oxygen atoms in total. The van der Waals surface area contributed by atoms with Gasteiger partial charge in [-0.2, -0.15) is 0 Å². The average Bonchev–Trinajstić information content (AvgIpc) is 1.42. The lowest BCUT2D eigenvalue weighted by atomic mass is 9.46. The number of hydrogen-bond donors (Lipinski definition) is 1. The molecule has 18 rings (SSSR count). The van der Waals surface area contributed by atoms with Crippen LogP contribution in [0.3, 0.4) is 0 Å². The van der Waals surface area contributed by atoms with Crippen molar-refractivity contribution in [1.82, 2.24) is 0 Å². The van der Waals surface area contributed by atoms with Gasteiger partial charge in [0.2, 0.25) is 23.0 Å². The molecule has 102 heavy (non-hydrogen) atoms. The minimum Gasteiger partial charge on any atom is -0.461 e. The lowest BCUT2D eigenvalue weighted by molar-refractivity contribution is -0.134. The smallest absolute Gasteiger partial charge is 0.461 e. The lowest BCUT2D eigenvalue weighted by Gasteiger charge is -2.53. The summed E-state index contributed by atoms with van der Waals surface area (Å²) in [5.41, 5.74) is -5.68. The molecule has 27 heteroatoms. The number of aliphatic hydroxyl groups excluding tert-OH is 1. The van der Waals surface area contributed by atoms with Crippen molar-refractivity contribution in [3.05, 3.63) is 130 Å². The number of allylic oxidation sites excluding steroid dienone is 2. The number of epoxide rings is 6. The van der Waals surface area contributed by atoms with Gasteiger partial charge in [0.15, 0.2) is 40.3 Å². The molecule has 14 aliphatic rings. The van der Waals surface area contributed by atoms with E-state index in [0.717, 1.165) is 0 Å². The summed E-state index contributed by atoms with van der Waals surface area (Å²) in [6, 6.07) is 12.8. The van der Waals surface area contributed by atoms with Crippen LogP contribution in [0.1, 0.15) is 175 Å². The highest BCUT2D eigenvalue weighted by atomic mass is 16.8. The van der Waals surface area contributed by atoms with Gasteiger partial charge in [-0.3, -0.25) is 0 Å². The predicted molar refractivity (Wildman–Crippen MR) is 343 cm³/mol. The first-order valence-corrected chi connectivity index (χ1v) is 34.8. The number of cyclic esters (lactones) is 2. The predicted octanol–water partition coefficient (Wildman–Crippen LogP) is 11.9. The first-order chi connectivity index (χ1) is 48.0. The van der Waals surface area contributed by atoms with Gasteiger partial charge in [-0.25, -0.2) is 33.6 Å². The summed E-state index contributed by atoms with van der Waals surface area (Å²) in [4.78, 5) is 88.1. The van der Waals surface area contributed by atoms with Crippen molar-refractivity contribution in [2.75, 3.05) is 0 Å². The van der Waals surface area contributed by atoms with Gasteiger partial charge in [0.25, 0.3) is 0 Å². The van der Waals surface area contributed by atoms with E-state index in [1.807, 2.05) is 0 Å². The Balaban J connectivity index is 0.000000133. The highest BCUT2D eigenvalue weighted by molar-refractivity contribution is 6.00. The zero-order valence-electron chi connectivity index (χ0n) is 59.2. The molecule has 0 bridgehead atoms. The van der Waals surface area contributed by atoms with Crippen LogP contribution in [-0.4, -0.2) is 147 Å². The molecule has 0 unspecified atom stereocenters. The third-order valence-electron chi connectivity index (χ3n) is 23.3. The van der Waals surface area contributed by atoms with Crippen molar-refractivity contribution >= 4 is 53.9 Å². The van der Waals surface area contributed by atoms with E-state index in [1.54, 1.807) is 98.7 Å². The molecule has 4 aromatic rings. The molecule has 6 saturated heterocycles. The number of esters is 4. The summed E-state index contributed by atoms with van der Waals surface area (Å²) in [6.07, 6.45) is 2.68. The number of aliphatic hydroxyl groups is 1. The second-order valence-electron chi connectivity index (χ2n) is 32.8. The largest absolute Gasteiger partial charge is 0.519 e. The lowest BCUT2D eigenvalue weighted by Crippen LogP contribution is -2.70. The summed E-state index contributed by atoms with van der Waals surface area (Å²) in [6.45, 7) is 27.9. The molecule has 18 atom stereocenters. The van der Waals surface area contributed by atoms with Gasteiger partial charge in [0.1, 0.15) is 69.7 Å². The van der Waals surface area contributed by atoms with E-state index in [0.29, 0.717) is 60.8 Å². The molecule has 6 aliphatic carbocycles. The van der Waals surface area contributed by atoms with Gasteiger partial charge in [-0.05, 0) is 173 Å². The number of fused-ring (bicyclic) bond motifs is 8. The van der Waals surface area contributed by atoms with Crippen LogP contribution in [-0.2, 0) is 80.6 Å². The molecule has 0 aromatic carbocycles. The van der Waals surface area contributed by atoms with E-state index < -0.39 is 116 Å². The maximum absolute atomic E-state index is 13.5. The Bertz CT molecular complexity index is 4290. The molecule has 0 radical (unpaired) electrons. The molecule has 544 valence electrons. The molecule has 10 fully saturated rings. The van der Waals surface area contributed by atoms with E-state index in [9.17, 15) is 38.7 Å². The van der Waals surface area contributed by atoms with Gasteiger partial charge in [-0.15, -0.1) is 0 Å². The number of hydrogen-bond acceptors (Lipinski definition) is 27. The zero-order chi connectivity index (χ0) is 72.6. The van der Waals surface area contributed by atoms with Crippen LogP contribution < -0.4 is 0 Å². The maximum atomic E-state index is 13.5. The number of carbonyl (C=O) groups excluding carboxylic acids is 7. The number of ether oxygens (including phenoxy) is 15. The summed E-state index contributed by atoms with van der Waals surface area (Å²) >= 11 is 0. The number of rotatable bonds is 9. The van der Waals surface area contributed by atoms with Crippen molar-refractivity contribution < 1.29 is 127 Å². The summed E-state index contributed by atoms with van der Waals surface area (Å²) in [7, 11) is 0. The van der Waals surface area contributed by atoms with E-state index >= 15 is 0 Å². The second-order valence-corrected chi connectivity index (χ2v) is 32.8. The van der Waals surface area contributed by atoms with Crippen LogP contribution in [0, 0.1) is 34.5 Å². The first-order valence-electron chi connectivity index (χ1n) is 34.8. The normalized spacial score (nSPS) is 39.0. The van der Waals surface area contributed by atoms with Gasteiger partial charge in [-0.1, -0.05) is 41.5 Å². The molecule has 8 aliphatic heterocycles. The zero-order valence-corrected chi connectivity index (χ0v) is 59.2. The molecule has 4 spiro atoms. The minimum atomic E-state index is -1.06. The third-order valence-corrected chi connectivity index (χ3v) is 23.3. The molecule has 4 aromatic heterocycles. The van der Waals surface area contributed by atoms with Crippen molar-refractivity contribution in [2.45, 2.75) is 242 Å². The number of furan rings is 4. The maximum Gasteiger partial charge on any atom is 0.519 e. The third kappa shape index (κ3) is 9.57. The minimum absolute atomic E-state index is 0.00245. The monoisotopic (exact) mass is 1410 g/mol. The molecule has 1 N–H and O–H groups in total. The Labute approximate surface area is 585 Å². The Morgan fingerprint density at radius 2 is 0.873 bits per heavy atom. The fourth-order valence-corrected chi connectivity index (χ4v) is 19.1. The molecule has 0 amide bonds.